The maximum atomic E-state index is 11.0. The Kier molecular flexibility index (Phi) is 1.75. The van der Waals surface area contributed by atoms with Gasteiger partial charge >= 0.3 is 0 Å². The fourth-order valence-corrected chi connectivity index (χ4v) is 1.83. The molecule has 2 atom stereocenters. The Morgan fingerprint density at radius 2 is 2.18 bits per heavy atom. The quantitative estimate of drug-likeness (QED) is 0.573. The monoisotopic (exact) mass is 151 g/mol. The molecule has 0 aliphatic heterocycles. The lowest BCUT2D eigenvalue weighted by Gasteiger charge is -2.47. The van der Waals surface area contributed by atoms with Crippen molar-refractivity contribution in [2.24, 2.45) is 17.3 Å². The number of carbonyl (C=O) groups is 1. The molecule has 0 N–H and O–H groups in total. The van der Waals surface area contributed by atoms with Gasteiger partial charge in [-0.15, -0.1) is 0 Å². The Morgan fingerprint density at radius 1 is 1.64 bits per heavy atom. The maximum Gasteiger partial charge on any atom is 0.133 e. The van der Waals surface area contributed by atoms with Crippen molar-refractivity contribution in [2.45, 2.75) is 27.2 Å². The molecule has 11 heavy (non-hydrogen) atoms. The molecule has 0 heterocycles. The van der Waals surface area contributed by atoms with Gasteiger partial charge in [-0.25, -0.2) is 0 Å². The van der Waals surface area contributed by atoms with Gasteiger partial charge in [-0.2, -0.15) is 5.26 Å². The smallest absolute Gasteiger partial charge is 0.133 e. The van der Waals surface area contributed by atoms with Crippen molar-refractivity contribution in [3.05, 3.63) is 0 Å². The summed E-state index contributed by atoms with van der Waals surface area (Å²) in [5.41, 5.74) is -0.0828. The molecule has 1 saturated carbocycles. The SMILES string of the molecule is CC(=O)C1CC(C#N)C1(C)C. The van der Waals surface area contributed by atoms with Crippen LogP contribution < -0.4 is 0 Å². The Balaban J connectivity index is 2.70. The van der Waals surface area contributed by atoms with E-state index in [0.29, 0.717) is 0 Å². The average Bonchev–Trinajstić information content (AvgIpc) is 1.85. The molecule has 2 nitrogen and oxygen atoms in total. The van der Waals surface area contributed by atoms with E-state index >= 15 is 0 Å². The number of nitrogens with zero attached hydrogens (tertiary/aromatic N) is 1. The molecular formula is C9H13NO. The van der Waals surface area contributed by atoms with E-state index in [-0.39, 0.29) is 23.0 Å². The molecule has 2 unspecified atom stereocenters. The van der Waals surface area contributed by atoms with Crippen LogP contribution >= 0.6 is 0 Å². The van der Waals surface area contributed by atoms with E-state index in [1.807, 2.05) is 13.8 Å². The number of carbonyl (C=O) groups excluding carboxylic acids is 1. The van der Waals surface area contributed by atoms with E-state index in [1.165, 1.54) is 0 Å². The number of Topliss-reactive ketones (excluding diaryl/α,β-unsaturated/α-hetero) is 1. The highest BCUT2D eigenvalue weighted by molar-refractivity contribution is 5.80. The normalized spacial score (nSPS) is 33.6. The molecule has 1 aliphatic rings. The molecular weight excluding hydrogens is 138 g/mol. The molecule has 0 saturated heterocycles. The predicted molar refractivity (Wildman–Crippen MR) is 41.7 cm³/mol. The number of ketones is 1. The van der Waals surface area contributed by atoms with Crippen LogP contribution in [-0.4, -0.2) is 5.78 Å². The van der Waals surface area contributed by atoms with Crippen molar-refractivity contribution < 1.29 is 4.79 Å². The third-order valence-electron chi connectivity index (χ3n) is 2.91. The number of nitriles is 1. The molecule has 1 rings (SSSR count). The van der Waals surface area contributed by atoms with Gasteiger partial charge < -0.3 is 0 Å². The van der Waals surface area contributed by atoms with Gasteiger partial charge in [0, 0.05) is 5.92 Å². The molecule has 1 aliphatic carbocycles. The lowest BCUT2D eigenvalue weighted by Crippen LogP contribution is -2.47. The van der Waals surface area contributed by atoms with Gasteiger partial charge in [0.2, 0.25) is 0 Å². The molecule has 0 aromatic rings. The first kappa shape index (κ1) is 8.26. The van der Waals surface area contributed by atoms with Gasteiger partial charge in [0.05, 0.1) is 12.0 Å². The lowest BCUT2D eigenvalue weighted by atomic mass is 9.54. The highest BCUT2D eigenvalue weighted by Crippen LogP contribution is 2.51. The molecule has 2 heteroatoms. The zero-order valence-corrected chi connectivity index (χ0v) is 7.22. The van der Waals surface area contributed by atoms with Crippen LogP contribution in [0.4, 0.5) is 0 Å². The van der Waals surface area contributed by atoms with Gasteiger partial charge in [-0.05, 0) is 18.8 Å². The van der Waals surface area contributed by atoms with Crippen LogP contribution in [0.3, 0.4) is 0 Å². The molecule has 1 fully saturated rings. The van der Waals surface area contributed by atoms with Crippen LogP contribution in [0.25, 0.3) is 0 Å². The average molecular weight is 151 g/mol. The van der Waals surface area contributed by atoms with E-state index in [9.17, 15) is 4.79 Å². The summed E-state index contributed by atoms with van der Waals surface area (Å²) in [6.07, 6.45) is 0.763. The number of hydrogen-bond acceptors (Lipinski definition) is 2. The lowest BCUT2D eigenvalue weighted by molar-refractivity contribution is -0.132. The van der Waals surface area contributed by atoms with E-state index < -0.39 is 0 Å². The Labute approximate surface area is 67.2 Å². The third-order valence-corrected chi connectivity index (χ3v) is 2.91. The molecule has 0 spiro atoms. The minimum absolute atomic E-state index is 0.0800. The van der Waals surface area contributed by atoms with E-state index in [1.54, 1.807) is 6.92 Å². The highest BCUT2D eigenvalue weighted by Gasteiger charge is 2.50. The summed E-state index contributed by atoms with van der Waals surface area (Å²) in [6, 6.07) is 2.22. The topological polar surface area (TPSA) is 40.9 Å². The third kappa shape index (κ3) is 1.05. The van der Waals surface area contributed by atoms with Crippen molar-refractivity contribution in [1.29, 1.82) is 5.26 Å². The molecule has 0 bridgehead atoms. The molecule has 0 amide bonds. The van der Waals surface area contributed by atoms with Gasteiger partial charge in [0.15, 0.2) is 0 Å². The first-order valence-electron chi connectivity index (χ1n) is 3.90. The summed E-state index contributed by atoms with van der Waals surface area (Å²) in [6.45, 7) is 5.60. The highest BCUT2D eigenvalue weighted by atomic mass is 16.1. The summed E-state index contributed by atoms with van der Waals surface area (Å²) < 4.78 is 0. The van der Waals surface area contributed by atoms with Crippen molar-refractivity contribution in [2.75, 3.05) is 0 Å². The standard InChI is InChI=1S/C9H13NO/c1-6(11)8-4-7(5-10)9(8,2)3/h7-8H,4H2,1-3H3. The van der Waals surface area contributed by atoms with Crippen LogP contribution in [-0.2, 0) is 4.79 Å². The fourth-order valence-electron chi connectivity index (χ4n) is 1.83. The second-order valence-electron chi connectivity index (χ2n) is 3.90. The van der Waals surface area contributed by atoms with E-state index in [2.05, 4.69) is 6.07 Å². The van der Waals surface area contributed by atoms with E-state index in [0.717, 1.165) is 6.42 Å². The zero-order chi connectivity index (χ0) is 8.65. The minimum atomic E-state index is -0.0828. The van der Waals surface area contributed by atoms with Gasteiger partial charge in [-0.3, -0.25) is 4.79 Å². The first-order valence-corrected chi connectivity index (χ1v) is 3.90. The molecule has 0 aromatic heterocycles. The molecule has 0 aromatic carbocycles. The maximum absolute atomic E-state index is 11.0. The fraction of sp³-hybridized carbons (Fsp3) is 0.778. The van der Waals surface area contributed by atoms with Gasteiger partial charge in [0.25, 0.3) is 0 Å². The van der Waals surface area contributed by atoms with Crippen molar-refractivity contribution in [1.82, 2.24) is 0 Å². The summed E-state index contributed by atoms with van der Waals surface area (Å²) in [5, 5.41) is 8.66. The largest absolute Gasteiger partial charge is 0.300 e. The van der Waals surface area contributed by atoms with Gasteiger partial charge in [0.1, 0.15) is 5.78 Å². The number of rotatable bonds is 1. The Hall–Kier alpha value is -0.840. The second kappa shape index (κ2) is 2.34. The molecule has 0 radical (unpaired) electrons. The van der Waals surface area contributed by atoms with Crippen LogP contribution in [0, 0.1) is 28.6 Å². The van der Waals surface area contributed by atoms with Crippen LogP contribution in [0.2, 0.25) is 0 Å². The van der Waals surface area contributed by atoms with Gasteiger partial charge in [-0.1, -0.05) is 13.8 Å². The predicted octanol–water partition coefficient (Wildman–Crippen LogP) is 1.76. The van der Waals surface area contributed by atoms with Crippen LogP contribution in [0.5, 0.6) is 0 Å². The van der Waals surface area contributed by atoms with Crippen LogP contribution in [0.1, 0.15) is 27.2 Å². The summed E-state index contributed by atoms with van der Waals surface area (Å²) in [4.78, 5) is 11.0. The van der Waals surface area contributed by atoms with E-state index in [4.69, 9.17) is 5.26 Å². The number of hydrogen-bond donors (Lipinski definition) is 0. The van der Waals surface area contributed by atoms with Crippen LogP contribution in [0.15, 0.2) is 0 Å². The Morgan fingerprint density at radius 3 is 2.45 bits per heavy atom. The summed E-state index contributed by atoms with van der Waals surface area (Å²) in [5.74, 6) is 0.421. The zero-order valence-electron chi connectivity index (χ0n) is 7.22. The minimum Gasteiger partial charge on any atom is -0.300 e. The molecule has 60 valence electrons. The second-order valence-corrected chi connectivity index (χ2v) is 3.90. The van der Waals surface area contributed by atoms with Crippen molar-refractivity contribution in [3.63, 3.8) is 0 Å². The summed E-state index contributed by atoms with van der Waals surface area (Å²) in [7, 11) is 0. The van der Waals surface area contributed by atoms with Crippen molar-refractivity contribution >= 4 is 5.78 Å². The summed E-state index contributed by atoms with van der Waals surface area (Å²) >= 11 is 0. The Bertz CT molecular complexity index is 224. The van der Waals surface area contributed by atoms with Crippen molar-refractivity contribution in [3.8, 4) is 6.07 Å². The first-order chi connectivity index (χ1) is 5.00.